The molecule has 0 saturated heterocycles. The van der Waals surface area contributed by atoms with E-state index in [4.69, 9.17) is 14.8 Å². The van der Waals surface area contributed by atoms with Crippen LogP contribution in [0.15, 0.2) is 0 Å². The molecule has 0 heterocycles. The molecule has 0 aromatic heterocycles. The van der Waals surface area contributed by atoms with Crippen LogP contribution in [0.2, 0.25) is 0 Å². The van der Waals surface area contributed by atoms with E-state index in [-0.39, 0.29) is 19.7 Å². The minimum atomic E-state index is -3.94. The Morgan fingerprint density at radius 1 is 1.42 bits per heavy atom. The van der Waals surface area contributed by atoms with Gasteiger partial charge in [-0.3, -0.25) is 4.55 Å². The molecule has 12 heavy (non-hydrogen) atoms. The molecule has 4 N–H and O–H groups in total. The molecule has 0 amide bonds. The van der Waals surface area contributed by atoms with E-state index in [0.717, 1.165) is 0 Å². The van der Waals surface area contributed by atoms with Crippen LogP contribution in [0.1, 0.15) is 0 Å². The normalized spacial score (nSPS) is 14.6. The lowest BCUT2D eigenvalue weighted by atomic mass is 10.4. The molecule has 7 heteroatoms. The molecular weight excluding hydrogens is 186 g/mol. The van der Waals surface area contributed by atoms with E-state index >= 15 is 0 Å². The lowest BCUT2D eigenvalue weighted by molar-refractivity contribution is 0.0950. The maximum Gasteiger partial charge on any atom is 0.266 e. The predicted octanol–water partition coefficient (Wildman–Crippen LogP) is -2.18. The van der Waals surface area contributed by atoms with Crippen LogP contribution in [0, 0.1) is 0 Å². The molecule has 0 rings (SSSR count). The van der Waals surface area contributed by atoms with Gasteiger partial charge in [-0.25, -0.2) is 0 Å². The van der Waals surface area contributed by atoms with Crippen molar-refractivity contribution in [2.45, 2.75) is 6.10 Å². The van der Waals surface area contributed by atoms with Gasteiger partial charge in [0.15, 0.2) is 0 Å². The average Bonchev–Trinajstić information content (AvgIpc) is 1.96. The third-order valence-electron chi connectivity index (χ3n) is 1.13. The number of aliphatic hydroxyl groups is 2. The van der Waals surface area contributed by atoms with E-state index in [0.29, 0.717) is 0 Å². The highest BCUT2D eigenvalue weighted by Crippen LogP contribution is 1.80. The Balaban J connectivity index is 3.34. The zero-order chi connectivity index (χ0) is 9.61. The molecule has 0 aromatic rings. The molecule has 0 aliphatic heterocycles. The molecular formula is C5H13NO5S. The molecule has 6 nitrogen and oxygen atoms in total. The second-order valence-electron chi connectivity index (χ2n) is 2.33. The Morgan fingerprint density at radius 3 is 2.42 bits per heavy atom. The van der Waals surface area contributed by atoms with Crippen molar-refractivity contribution in [3.63, 3.8) is 0 Å². The fraction of sp³-hybridized carbons (Fsp3) is 1.00. The summed E-state index contributed by atoms with van der Waals surface area (Å²) in [4.78, 5) is 0. The Labute approximate surface area is 71.0 Å². The third-order valence-corrected chi connectivity index (χ3v) is 1.85. The summed E-state index contributed by atoms with van der Waals surface area (Å²) in [5.41, 5.74) is 0. The SMILES string of the molecule is O=S(=O)(O)CCNCC(O)CO. The van der Waals surface area contributed by atoms with Crippen molar-refractivity contribution in [2.75, 3.05) is 25.4 Å². The first-order chi connectivity index (χ1) is 5.45. The minimum Gasteiger partial charge on any atom is -0.394 e. The molecule has 0 fully saturated rings. The van der Waals surface area contributed by atoms with Crippen molar-refractivity contribution >= 4 is 10.1 Å². The quantitative estimate of drug-likeness (QED) is 0.286. The average molecular weight is 199 g/mol. The van der Waals surface area contributed by atoms with E-state index < -0.39 is 22.0 Å². The lowest BCUT2D eigenvalue weighted by Crippen LogP contribution is -2.32. The summed E-state index contributed by atoms with van der Waals surface area (Å²) in [6.07, 6.45) is -0.897. The fourth-order valence-corrected chi connectivity index (χ4v) is 0.937. The minimum absolute atomic E-state index is 0.0515. The van der Waals surface area contributed by atoms with E-state index in [1.54, 1.807) is 0 Å². The predicted molar refractivity (Wildman–Crippen MR) is 42.4 cm³/mol. The van der Waals surface area contributed by atoms with Crippen molar-refractivity contribution in [3.05, 3.63) is 0 Å². The number of nitrogens with one attached hydrogen (secondary N) is 1. The van der Waals surface area contributed by atoms with Gasteiger partial charge in [0, 0.05) is 13.1 Å². The standard InChI is InChI=1S/C5H13NO5S/c7-4-5(8)3-6-1-2-12(9,10)11/h5-8H,1-4H2,(H,9,10,11). The zero-order valence-electron chi connectivity index (χ0n) is 6.47. The summed E-state index contributed by atoms with van der Waals surface area (Å²) in [5, 5.41) is 19.6. The Hall–Kier alpha value is -0.210. The highest BCUT2D eigenvalue weighted by molar-refractivity contribution is 7.85. The largest absolute Gasteiger partial charge is 0.394 e. The van der Waals surface area contributed by atoms with E-state index in [9.17, 15) is 8.42 Å². The van der Waals surface area contributed by atoms with Crippen LogP contribution in [0.4, 0.5) is 0 Å². The van der Waals surface area contributed by atoms with Crippen molar-refractivity contribution in [2.24, 2.45) is 0 Å². The molecule has 0 spiro atoms. The van der Waals surface area contributed by atoms with Gasteiger partial charge in [-0.2, -0.15) is 8.42 Å². The summed E-state index contributed by atoms with van der Waals surface area (Å²) in [7, 11) is -3.94. The summed E-state index contributed by atoms with van der Waals surface area (Å²) >= 11 is 0. The second kappa shape index (κ2) is 5.44. The van der Waals surface area contributed by atoms with Crippen molar-refractivity contribution in [1.82, 2.24) is 5.32 Å². The molecule has 0 radical (unpaired) electrons. The van der Waals surface area contributed by atoms with E-state index in [1.807, 2.05) is 0 Å². The van der Waals surface area contributed by atoms with Crippen LogP contribution in [0.3, 0.4) is 0 Å². The molecule has 1 atom stereocenters. The monoisotopic (exact) mass is 199 g/mol. The summed E-state index contributed by atoms with van der Waals surface area (Å²) < 4.78 is 28.6. The third kappa shape index (κ3) is 7.89. The topological polar surface area (TPSA) is 107 Å². The maximum atomic E-state index is 10.1. The van der Waals surface area contributed by atoms with Gasteiger partial charge >= 0.3 is 0 Å². The Kier molecular flexibility index (Phi) is 5.34. The first kappa shape index (κ1) is 11.8. The second-order valence-corrected chi connectivity index (χ2v) is 3.90. The van der Waals surface area contributed by atoms with E-state index in [1.165, 1.54) is 0 Å². The summed E-state index contributed by atoms with van der Waals surface area (Å²) in [6.45, 7) is -0.221. The first-order valence-electron chi connectivity index (χ1n) is 3.40. The number of rotatable bonds is 6. The van der Waals surface area contributed by atoms with Gasteiger partial charge in [0.25, 0.3) is 10.1 Å². The smallest absolute Gasteiger partial charge is 0.266 e. The van der Waals surface area contributed by atoms with Gasteiger partial charge in [0.2, 0.25) is 0 Å². The summed E-state index contributed by atoms with van der Waals surface area (Å²) in [6, 6.07) is 0. The molecule has 0 aliphatic rings. The molecule has 1 unspecified atom stereocenters. The van der Waals surface area contributed by atoms with Crippen LogP contribution < -0.4 is 5.32 Å². The van der Waals surface area contributed by atoms with Gasteiger partial charge < -0.3 is 15.5 Å². The Morgan fingerprint density at radius 2 is 2.00 bits per heavy atom. The molecule has 0 aliphatic carbocycles. The molecule has 0 aromatic carbocycles. The van der Waals surface area contributed by atoms with Crippen LogP contribution in [-0.2, 0) is 10.1 Å². The molecule has 74 valence electrons. The summed E-state index contributed by atoms with van der Waals surface area (Å²) in [5.74, 6) is -0.398. The first-order valence-corrected chi connectivity index (χ1v) is 5.01. The van der Waals surface area contributed by atoms with Crippen LogP contribution in [0.25, 0.3) is 0 Å². The van der Waals surface area contributed by atoms with Gasteiger partial charge in [-0.15, -0.1) is 0 Å². The number of hydrogen-bond donors (Lipinski definition) is 4. The van der Waals surface area contributed by atoms with Crippen molar-refractivity contribution < 1.29 is 23.2 Å². The fourth-order valence-electron chi connectivity index (χ4n) is 0.534. The van der Waals surface area contributed by atoms with Gasteiger partial charge in [-0.05, 0) is 0 Å². The van der Waals surface area contributed by atoms with Gasteiger partial charge in [-0.1, -0.05) is 0 Å². The Bertz CT molecular complexity index is 202. The molecule has 0 saturated carbocycles. The highest BCUT2D eigenvalue weighted by Gasteiger charge is 2.04. The van der Waals surface area contributed by atoms with Gasteiger partial charge in [0.1, 0.15) is 0 Å². The van der Waals surface area contributed by atoms with Crippen LogP contribution in [0.5, 0.6) is 0 Å². The van der Waals surface area contributed by atoms with Crippen molar-refractivity contribution in [1.29, 1.82) is 0 Å². The maximum absolute atomic E-state index is 10.1. The number of hydrogen-bond acceptors (Lipinski definition) is 5. The number of aliphatic hydroxyl groups excluding tert-OH is 2. The van der Waals surface area contributed by atoms with E-state index in [2.05, 4.69) is 5.32 Å². The zero-order valence-corrected chi connectivity index (χ0v) is 7.29. The van der Waals surface area contributed by atoms with Crippen molar-refractivity contribution in [3.8, 4) is 0 Å². The van der Waals surface area contributed by atoms with Crippen LogP contribution in [-0.4, -0.2) is 54.7 Å². The highest BCUT2D eigenvalue weighted by atomic mass is 32.2. The van der Waals surface area contributed by atoms with Gasteiger partial charge in [0.05, 0.1) is 18.5 Å². The molecule has 0 bridgehead atoms. The van der Waals surface area contributed by atoms with Crippen LogP contribution >= 0.6 is 0 Å². The lowest BCUT2D eigenvalue weighted by Gasteiger charge is -2.07.